The molecule has 0 bridgehead atoms. The van der Waals surface area contributed by atoms with Crippen molar-refractivity contribution in [3.05, 3.63) is 125 Å². The summed E-state index contributed by atoms with van der Waals surface area (Å²) >= 11 is 0. The van der Waals surface area contributed by atoms with E-state index in [1.807, 2.05) is 30.3 Å². The van der Waals surface area contributed by atoms with Gasteiger partial charge in [-0.15, -0.1) is 0 Å². The standard InChI is InChI=1S/C45H48N4O5/c1-31(32-7-3-2-4-8-32)42(33-9-14-37(50)15-10-33)34-11-16-38(17-12-34)54-26-6-5-23-47-24-21-45(22-25-47)29-48(30-45)36-13-18-39-35(27-36)28-49(44(39)53)40-19-20-41(51)46-43(40)52/h2-4,7-18,27,40,50H,5-6,19-26,28-30H2,1H3,(H,46,51,52)/b42-31-. The van der Waals surface area contributed by atoms with Crippen molar-refractivity contribution in [2.75, 3.05) is 44.2 Å². The molecule has 2 N–H and O–H groups in total. The molecule has 1 atom stereocenters. The van der Waals surface area contributed by atoms with Crippen LogP contribution in [0, 0.1) is 5.41 Å². The zero-order valence-corrected chi connectivity index (χ0v) is 30.9. The molecule has 278 valence electrons. The number of benzene rings is 4. The van der Waals surface area contributed by atoms with Crippen molar-refractivity contribution in [3.63, 3.8) is 0 Å². The van der Waals surface area contributed by atoms with Crippen molar-refractivity contribution in [2.24, 2.45) is 5.41 Å². The van der Waals surface area contributed by atoms with Crippen molar-refractivity contribution >= 4 is 34.6 Å². The summed E-state index contributed by atoms with van der Waals surface area (Å²) in [5.74, 6) is 0.365. The highest BCUT2D eigenvalue weighted by molar-refractivity contribution is 6.05. The molecule has 8 rings (SSSR count). The molecular formula is C45H48N4O5. The Hall–Kier alpha value is -5.41. The maximum absolute atomic E-state index is 13.1. The predicted molar refractivity (Wildman–Crippen MR) is 210 cm³/mol. The van der Waals surface area contributed by atoms with Gasteiger partial charge in [0.05, 0.1) is 6.61 Å². The highest BCUT2D eigenvalue weighted by Crippen LogP contribution is 2.43. The summed E-state index contributed by atoms with van der Waals surface area (Å²) in [5, 5.41) is 12.3. The van der Waals surface area contributed by atoms with Crippen LogP contribution < -0.4 is 15.0 Å². The third kappa shape index (κ3) is 7.37. The number of nitrogens with zero attached hydrogens (tertiary/aromatic N) is 3. The van der Waals surface area contributed by atoms with Gasteiger partial charge in [-0.05, 0) is 135 Å². The topological polar surface area (TPSA) is 102 Å². The number of phenols is 1. The Kier molecular flexibility index (Phi) is 9.99. The molecule has 4 aliphatic rings. The molecule has 4 aliphatic heterocycles. The van der Waals surface area contributed by atoms with Crippen molar-refractivity contribution in [3.8, 4) is 11.5 Å². The van der Waals surface area contributed by atoms with Crippen LogP contribution in [0.1, 0.15) is 78.1 Å². The molecule has 4 heterocycles. The molecule has 1 spiro atoms. The van der Waals surface area contributed by atoms with Gasteiger partial charge in [0.15, 0.2) is 0 Å². The van der Waals surface area contributed by atoms with Gasteiger partial charge < -0.3 is 24.5 Å². The van der Waals surface area contributed by atoms with Crippen LogP contribution in [0.5, 0.6) is 11.5 Å². The molecule has 3 saturated heterocycles. The molecule has 0 radical (unpaired) electrons. The molecular weight excluding hydrogens is 677 g/mol. The summed E-state index contributed by atoms with van der Waals surface area (Å²) < 4.78 is 6.16. The minimum Gasteiger partial charge on any atom is -0.508 e. The van der Waals surface area contributed by atoms with Gasteiger partial charge in [-0.1, -0.05) is 54.6 Å². The van der Waals surface area contributed by atoms with E-state index in [4.69, 9.17) is 4.74 Å². The molecule has 4 aromatic rings. The van der Waals surface area contributed by atoms with Crippen molar-refractivity contribution in [1.29, 1.82) is 0 Å². The lowest BCUT2D eigenvalue weighted by molar-refractivity contribution is -0.136. The van der Waals surface area contributed by atoms with Crippen LogP contribution in [0.25, 0.3) is 11.1 Å². The zero-order valence-electron chi connectivity index (χ0n) is 30.9. The summed E-state index contributed by atoms with van der Waals surface area (Å²) in [5.41, 5.74) is 8.76. The lowest BCUT2D eigenvalue weighted by Crippen LogP contribution is -2.60. The van der Waals surface area contributed by atoms with Crippen LogP contribution in [0.3, 0.4) is 0 Å². The summed E-state index contributed by atoms with van der Waals surface area (Å²) in [6, 6.07) is 31.6. The average Bonchev–Trinajstić information content (AvgIpc) is 3.50. The van der Waals surface area contributed by atoms with Crippen LogP contribution in [-0.4, -0.2) is 78.0 Å². The highest BCUT2D eigenvalue weighted by atomic mass is 16.5. The number of hydrogen-bond donors (Lipinski definition) is 2. The second-order valence-corrected chi connectivity index (χ2v) is 15.4. The predicted octanol–water partition coefficient (Wildman–Crippen LogP) is 6.89. The molecule has 0 aromatic heterocycles. The number of hydrogen-bond acceptors (Lipinski definition) is 7. The van der Waals surface area contributed by atoms with Gasteiger partial charge in [0.2, 0.25) is 11.8 Å². The Morgan fingerprint density at radius 2 is 1.56 bits per heavy atom. The number of nitrogens with one attached hydrogen (secondary N) is 1. The molecule has 1 unspecified atom stereocenters. The van der Waals surface area contributed by atoms with Gasteiger partial charge in [0.1, 0.15) is 17.5 Å². The van der Waals surface area contributed by atoms with Crippen LogP contribution in [0.15, 0.2) is 97.1 Å². The SMILES string of the molecule is C/C(=C(\c1ccc(O)cc1)c1ccc(OCCCCN2CCC3(CC2)CN(c2ccc4c(c2)CN(C2CCC(=O)NC2=O)C4=O)C3)cc1)c1ccccc1. The maximum Gasteiger partial charge on any atom is 0.255 e. The number of carbonyl (C=O) groups excluding carboxylic acids is 3. The number of unbranched alkanes of at least 4 members (excludes halogenated alkanes) is 1. The first-order valence-corrected chi connectivity index (χ1v) is 19.3. The van der Waals surface area contributed by atoms with E-state index in [9.17, 15) is 19.5 Å². The molecule has 9 nitrogen and oxygen atoms in total. The number of amides is 3. The first-order chi connectivity index (χ1) is 26.2. The summed E-state index contributed by atoms with van der Waals surface area (Å²) in [6.07, 6.45) is 5.14. The number of aromatic hydroxyl groups is 1. The van der Waals surface area contributed by atoms with Crippen molar-refractivity contribution < 1.29 is 24.2 Å². The van der Waals surface area contributed by atoms with Gasteiger partial charge in [0, 0.05) is 42.7 Å². The van der Waals surface area contributed by atoms with Crippen LogP contribution >= 0.6 is 0 Å². The Morgan fingerprint density at radius 3 is 2.26 bits per heavy atom. The third-order valence-electron chi connectivity index (χ3n) is 11.9. The second-order valence-electron chi connectivity index (χ2n) is 15.4. The van der Waals surface area contributed by atoms with E-state index < -0.39 is 6.04 Å². The molecule has 0 aliphatic carbocycles. The van der Waals surface area contributed by atoms with Crippen LogP contribution in [0.2, 0.25) is 0 Å². The van der Waals surface area contributed by atoms with E-state index in [1.165, 1.54) is 18.4 Å². The van der Waals surface area contributed by atoms with E-state index in [-0.39, 0.29) is 29.9 Å². The smallest absolute Gasteiger partial charge is 0.255 e. The minimum absolute atomic E-state index is 0.122. The summed E-state index contributed by atoms with van der Waals surface area (Å²) in [7, 11) is 0. The fourth-order valence-electron chi connectivity index (χ4n) is 8.68. The minimum atomic E-state index is -0.584. The van der Waals surface area contributed by atoms with E-state index in [1.54, 1.807) is 17.0 Å². The number of rotatable bonds is 11. The van der Waals surface area contributed by atoms with E-state index >= 15 is 0 Å². The van der Waals surface area contributed by atoms with Crippen molar-refractivity contribution in [2.45, 2.75) is 58.0 Å². The number of fused-ring (bicyclic) bond motifs is 1. The van der Waals surface area contributed by atoms with Gasteiger partial charge in [-0.2, -0.15) is 0 Å². The van der Waals surface area contributed by atoms with Crippen molar-refractivity contribution in [1.82, 2.24) is 15.1 Å². The Bertz CT molecular complexity index is 2040. The number of anilines is 1. The molecule has 9 heteroatoms. The number of piperidine rings is 2. The first-order valence-electron chi connectivity index (χ1n) is 19.3. The zero-order chi connectivity index (χ0) is 37.2. The lowest BCUT2D eigenvalue weighted by Gasteiger charge is -2.55. The largest absolute Gasteiger partial charge is 0.508 e. The molecule has 3 amide bonds. The first kappa shape index (κ1) is 35.6. The molecule has 3 fully saturated rings. The van der Waals surface area contributed by atoms with Crippen LogP contribution in [0.4, 0.5) is 5.69 Å². The molecule has 54 heavy (non-hydrogen) atoms. The van der Waals surface area contributed by atoms with Gasteiger partial charge in [-0.3, -0.25) is 19.7 Å². The Labute approximate surface area is 317 Å². The maximum atomic E-state index is 13.1. The number of carbonyl (C=O) groups is 3. The second kappa shape index (κ2) is 15.1. The van der Waals surface area contributed by atoms with E-state index in [2.05, 4.69) is 76.6 Å². The molecule has 4 aromatic carbocycles. The van der Waals surface area contributed by atoms with Gasteiger partial charge >= 0.3 is 0 Å². The summed E-state index contributed by atoms with van der Waals surface area (Å²) in [6.45, 7) is 8.65. The normalized spacial score (nSPS) is 20.0. The highest BCUT2D eigenvalue weighted by Gasteiger charge is 2.45. The number of allylic oxidation sites excluding steroid dienone is 1. The number of phenolic OH excluding ortho intramolecular Hbond substituents is 1. The van der Waals surface area contributed by atoms with E-state index in [0.717, 1.165) is 84.8 Å². The fourth-order valence-corrected chi connectivity index (χ4v) is 8.68. The van der Waals surface area contributed by atoms with Gasteiger partial charge in [-0.25, -0.2) is 0 Å². The van der Waals surface area contributed by atoms with Gasteiger partial charge in [0.25, 0.3) is 5.91 Å². The number of likely N-dealkylation sites (tertiary alicyclic amines) is 1. The Morgan fingerprint density at radius 1 is 0.852 bits per heavy atom. The summed E-state index contributed by atoms with van der Waals surface area (Å²) in [4.78, 5) is 43.8. The fraction of sp³-hybridized carbons (Fsp3) is 0.356. The van der Waals surface area contributed by atoms with Crippen LogP contribution in [-0.2, 0) is 16.1 Å². The number of imide groups is 1. The monoisotopic (exact) mass is 724 g/mol. The Balaban J connectivity index is 0.775. The average molecular weight is 725 g/mol. The third-order valence-corrected chi connectivity index (χ3v) is 11.9. The van der Waals surface area contributed by atoms with E-state index in [0.29, 0.717) is 30.6 Å². The number of ether oxygens (including phenoxy) is 1. The molecule has 0 saturated carbocycles. The lowest BCUT2D eigenvalue weighted by atomic mass is 9.71. The quantitative estimate of drug-likeness (QED) is 0.0987.